The van der Waals surface area contributed by atoms with Gasteiger partial charge >= 0.3 is 0 Å². The van der Waals surface area contributed by atoms with Crippen LogP contribution in [0, 0.1) is 21.4 Å². The van der Waals surface area contributed by atoms with Crippen LogP contribution >= 0.6 is 11.6 Å². The maximum atomic E-state index is 10.7. The summed E-state index contributed by atoms with van der Waals surface area (Å²) in [5, 5.41) is 21.9. The fourth-order valence-corrected chi connectivity index (χ4v) is 1.44. The number of hydrogen-bond acceptors (Lipinski definition) is 5. The van der Waals surface area contributed by atoms with Crippen LogP contribution in [0.3, 0.4) is 0 Å². The Morgan fingerprint density at radius 2 is 2.33 bits per heavy atom. The zero-order valence-corrected chi connectivity index (χ0v) is 10.3. The van der Waals surface area contributed by atoms with E-state index in [1.54, 1.807) is 0 Å². The molecule has 0 aliphatic heterocycles. The lowest BCUT2D eigenvalue weighted by atomic mass is 10.1. The summed E-state index contributed by atoms with van der Waals surface area (Å²) in [7, 11) is 0. The lowest BCUT2D eigenvalue weighted by molar-refractivity contribution is -0.384. The van der Waals surface area contributed by atoms with Gasteiger partial charge in [0.15, 0.2) is 0 Å². The van der Waals surface area contributed by atoms with E-state index >= 15 is 0 Å². The van der Waals surface area contributed by atoms with Gasteiger partial charge in [0.1, 0.15) is 12.4 Å². The van der Waals surface area contributed by atoms with Crippen molar-refractivity contribution in [2.24, 2.45) is 0 Å². The highest BCUT2D eigenvalue weighted by molar-refractivity contribution is 6.18. The summed E-state index contributed by atoms with van der Waals surface area (Å²) in [6, 6.07) is 6.26. The van der Waals surface area contributed by atoms with E-state index in [1.807, 2.05) is 6.07 Å². The van der Waals surface area contributed by atoms with Crippen molar-refractivity contribution < 1.29 is 9.66 Å². The second-order valence-electron chi connectivity index (χ2n) is 3.35. The lowest BCUT2D eigenvalue weighted by Gasteiger charge is -2.10. The summed E-state index contributed by atoms with van der Waals surface area (Å²) >= 11 is 5.52. The van der Waals surface area contributed by atoms with Crippen LogP contribution in [0.4, 0.5) is 5.69 Å². The van der Waals surface area contributed by atoms with Gasteiger partial charge in [0.25, 0.3) is 5.69 Å². The average molecular weight is 270 g/mol. The molecule has 18 heavy (non-hydrogen) atoms. The van der Waals surface area contributed by atoms with Crippen molar-refractivity contribution >= 4 is 17.3 Å². The number of nitro groups is 1. The van der Waals surface area contributed by atoms with Crippen molar-refractivity contribution in [1.82, 2.24) is 5.32 Å². The number of nitrogens with zero attached hydrogens (tertiary/aromatic N) is 2. The third-order valence-electron chi connectivity index (χ3n) is 2.11. The second kappa shape index (κ2) is 7.48. The molecule has 1 aromatic rings. The van der Waals surface area contributed by atoms with Gasteiger partial charge in [-0.25, -0.2) is 0 Å². The number of non-ortho nitro benzene ring substituents is 1. The van der Waals surface area contributed by atoms with E-state index in [4.69, 9.17) is 21.6 Å². The van der Waals surface area contributed by atoms with E-state index in [-0.39, 0.29) is 12.2 Å². The standard InChI is InChI=1S/C11H12ClN3O3/c12-3-6-18-11-2-1-10(15(16)17)7-9(11)8-14-5-4-13/h1-2,7,14H,3,5-6,8H2. The highest BCUT2D eigenvalue weighted by Crippen LogP contribution is 2.24. The van der Waals surface area contributed by atoms with Crippen LogP contribution in [0.5, 0.6) is 5.75 Å². The van der Waals surface area contributed by atoms with Crippen LogP contribution in [-0.2, 0) is 6.54 Å². The Morgan fingerprint density at radius 1 is 1.56 bits per heavy atom. The lowest BCUT2D eigenvalue weighted by Crippen LogP contribution is -2.14. The molecule has 0 heterocycles. The van der Waals surface area contributed by atoms with Crippen molar-refractivity contribution in [1.29, 1.82) is 5.26 Å². The Kier molecular flexibility index (Phi) is 5.91. The first-order chi connectivity index (χ1) is 8.69. The van der Waals surface area contributed by atoms with Crippen LogP contribution < -0.4 is 10.1 Å². The molecule has 1 rings (SSSR count). The van der Waals surface area contributed by atoms with Crippen LogP contribution in [0.1, 0.15) is 5.56 Å². The molecule has 0 radical (unpaired) electrons. The largest absolute Gasteiger partial charge is 0.492 e. The predicted molar refractivity (Wildman–Crippen MR) is 66.6 cm³/mol. The van der Waals surface area contributed by atoms with Crippen molar-refractivity contribution in [3.63, 3.8) is 0 Å². The fourth-order valence-electron chi connectivity index (χ4n) is 1.36. The molecule has 0 unspecified atom stereocenters. The van der Waals surface area contributed by atoms with Gasteiger partial charge in [-0.2, -0.15) is 5.26 Å². The van der Waals surface area contributed by atoms with Gasteiger partial charge in [0.2, 0.25) is 0 Å². The van der Waals surface area contributed by atoms with Crippen LogP contribution in [0.15, 0.2) is 18.2 Å². The Morgan fingerprint density at radius 3 is 2.94 bits per heavy atom. The molecule has 0 saturated carbocycles. The van der Waals surface area contributed by atoms with Gasteiger partial charge in [0, 0.05) is 24.2 Å². The van der Waals surface area contributed by atoms with Crippen LogP contribution in [0.25, 0.3) is 0 Å². The van der Waals surface area contributed by atoms with Crippen molar-refractivity contribution in [3.8, 4) is 11.8 Å². The van der Waals surface area contributed by atoms with Gasteiger partial charge in [-0.3, -0.25) is 10.1 Å². The second-order valence-corrected chi connectivity index (χ2v) is 3.73. The number of nitrogens with one attached hydrogen (secondary N) is 1. The third kappa shape index (κ3) is 4.20. The number of benzene rings is 1. The highest BCUT2D eigenvalue weighted by atomic mass is 35.5. The molecule has 0 aliphatic rings. The first kappa shape index (κ1) is 14.2. The first-order valence-electron chi connectivity index (χ1n) is 5.22. The molecule has 1 aromatic carbocycles. The number of rotatable bonds is 7. The topological polar surface area (TPSA) is 88.2 Å². The molecular formula is C11H12ClN3O3. The van der Waals surface area contributed by atoms with Crippen molar-refractivity contribution in [2.45, 2.75) is 6.54 Å². The summed E-state index contributed by atoms with van der Waals surface area (Å²) < 4.78 is 5.37. The Balaban J connectivity index is 2.87. The number of alkyl halides is 1. The van der Waals surface area contributed by atoms with Gasteiger partial charge in [-0.1, -0.05) is 0 Å². The van der Waals surface area contributed by atoms with E-state index in [1.165, 1.54) is 18.2 Å². The Labute approximate surface area is 109 Å². The van der Waals surface area contributed by atoms with E-state index in [9.17, 15) is 10.1 Å². The van der Waals surface area contributed by atoms with E-state index < -0.39 is 4.92 Å². The molecule has 6 nitrogen and oxygen atoms in total. The minimum atomic E-state index is -0.473. The SMILES string of the molecule is N#CCNCc1cc([N+](=O)[O-])ccc1OCCCl. The monoisotopic (exact) mass is 269 g/mol. The smallest absolute Gasteiger partial charge is 0.270 e. The molecule has 7 heteroatoms. The molecule has 0 saturated heterocycles. The zero-order chi connectivity index (χ0) is 13.4. The van der Waals surface area contributed by atoms with E-state index in [0.717, 1.165) is 0 Å². The van der Waals surface area contributed by atoms with E-state index in [2.05, 4.69) is 5.32 Å². The molecule has 0 aliphatic carbocycles. The maximum Gasteiger partial charge on any atom is 0.270 e. The summed E-state index contributed by atoms with van der Waals surface area (Å²) in [5.41, 5.74) is 0.617. The summed E-state index contributed by atoms with van der Waals surface area (Å²) in [5.74, 6) is 0.869. The van der Waals surface area contributed by atoms with Crippen molar-refractivity contribution in [2.75, 3.05) is 19.0 Å². The minimum absolute atomic E-state index is 0.0121. The average Bonchev–Trinajstić information content (AvgIpc) is 2.37. The normalized spacial score (nSPS) is 9.78. The van der Waals surface area contributed by atoms with Crippen LogP contribution in [-0.4, -0.2) is 24.0 Å². The van der Waals surface area contributed by atoms with Gasteiger partial charge in [-0.05, 0) is 6.07 Å². The Bertz CT molecular complexity index is 459. The molecule has 1 N–H and O–H groups in total. The summed E-state index contributed by atoms with van der Waals surface area (Å²) in [6.07, 6.45) is 0. The maximum absolute atomic E-state index is 10.7. The number of halogens is 1. The highest BCUT2D eigenvalue weighted by Gasteiger charge is 2.11. The van der Waals surface area contributed by atoms with Gasteiger partial charge in [0.05, 0.1) is 23.4 Å². The molecule has 0 fully saturated rings. The van der Waals surface area contributed by atoms with Crippen molar-refractivity contribution in [3.05, 3.63) is 33.9 Å². The molecule has 0 amide bonds. The summed E-state index contributed by atoms with van der Waals surface area (Å²) in [4.78, 5) is 10.2. The quantitative estimate of drug-likeness (QED) is 0.268. The number of ether oxygens (including phenoxy) is 1. The third-order valence-corrected chi connectivity index (χ3v) is 2.26. The molecule has 0 bridgehead atoms. The molecule has 0 aromatic heterocycles. The molecule has 96 valence electrons. The number of nitriles is 1. The zero-order valence-electron chi connectivity index (χ0n) is 9.56. The number of hydrogen-bond donors (Lipinski definition) is 1. The van der Waals surface area contributed by atoms with Gasteiger partial charge in [-0.15, -0.1) is 11.6 Å². The predicted octanol–water partition coefficient (Wildman–Crippen LogP) is 1.83. The minimum Gasteiger partial charge on any atom is -0.492 e. The molecule has 0 atom stereocenters. The van der Waals surface area contributed by atoms with Crippen LogP contribution in [0.2, 0.25) is 0 Å². The molecular weight excluding hydrogens is 258 g/mol. The summed E-state index contributed by atoms with van der Waals surface area (Å²) in [6.45, 7) is 0.815. The van der Waals surface area contributed by atoms with Gasteiger partial charge < -0.3 is 10.1 Å². The Hall–Kier alpha value is -1.84. The fraction of sp³-hybridized carbons (Fsp3) is 0.364. The van der Waals surface area contributed by atoms with E-state index in [0.29, 0.717) is 30.3 Å². The number of nitro benzene ring substituents is 1. The molecule has 0 spiro atoms. The first-order valence-corrected chi connectivity index (χ1v) is 5.76.